The molecule has 3 nitrogen and oxygen atoms in total. The zero-order valence-corrected chi connectivity index (χ0v) is 8.83. The van der Waals surface area contributed by atoms with Crippen LogP contribution in [0, 0.1) is 0 Å². The largest absolute Gasteiger partial charge is 0.398 e. The summed E-state index contributed by atoms with van der Waals surface area (Å²) < 4.78 is 27.4. The fourth-order valence-electron chi connectivity index (χ4n) is 2.11. The third-order valence-corrected chi connectivity index (χ3v) is 3.04. The number of anilines is 1. The van der Waals surface area contributed by atoms with Gasteiger partial charge in [-0.05, 0) is 18.9 Å². The van der Waals surface area contributed by atoms with E-state index in [1.54, 1.807) is 0 Å². The van der Waals surface area contributed by atoms with Crippen LogP contribution in [0.25, 0.3) is 0 Å². The second kappa shape index (κ2) is 3.88. The highest BCUT2D eigenvalue weighted by Crippen LogP contribution is 2.37. The number of hydrogen-bond donors (Lipinski definition) is 1. The van der Waals surface area contributed by atoms with Gasteiger partial charge in [-0.2, -0.15) is 0 Å². The lowest BCUT2D eigenvalue weighted by Gasteiger charge is -2.29. The molecule has 16 heavy (non-hydrogen) atoms. The minimum absolute atomic E-state index is 0.143. The van der Waals surface area contributed by atoms with E-state index in [0.717, 1.165) is 0 Å². The summed E-state index contributed by atoms with van der Waals surface area (Å²) >= 11 is 0. The lowest BCUT2D eigenvalue weighted by molar-refractivity contribution is -0.0442. The molecule has 0 unspecified atom stereocenters. The SMILES string of the molecule is Nc1ccc(=O)n(C2CCC(F)(F)CC2)c1. The van der Waals surface area contributed by atoms with Crippen molar-refractivity contribution >= 4 is 5.69 Å². The molecule has 1 aromatic heterocycles. The van der Waals surface area contributed by atoms with Crippen LogP contribution >= 0.6 is 0 Å². The molecule has 0 aromatic carbocycles. The van der Waals surface area contributed by atoms with Crippen molar-refractivity contribution in [1.29, 1.82) is 0 Å². The Balaban J connectivity index is 2.20. The number of nitrogens with two attached hydrogens (primary N) is 1. The number of halogens is 2. The van der Waals surface area contributed by atoms with E-state index in [0.29, 0.717) is 18.5 Å². The van der Waals surface area contributed by atoms with E-state index in [1.807, 2.05) is 0 Å². The molecule has 0 bridgehead atoms. The highest BCUT2D eigenvalue weighted by molar-refractivity contribution is 5.33. The zero-order chi connectivity index (χ0) is 11.8. The molecule has 1 fully saturated rings. The topological polar surface area (TPSA) is 48.0 Å². The molecule has 1 heterocycles. The van der Waals surface area contributed by atoms with Crippen molar-refractivity contribution in [2.75, 3.05) is 5.73 Å². The van der Waals surface area contributed by atoms with Crippen molar-refractivity contribution in [1.82, 2.24) is 4.57 Å². The van der Waals surface area contributed by atoms with Gasteiger partial charge in [0.05, 0.1) is 0 Å². The van der Waals surface area contributed by atoms with Crippen molar-refractivity contribution in [3.8, 4) is 0 Å². The van der Waals surface area contributed by atoms with Gasteiger partial charge in [0.15, 0.2) is 0 Å². The molecule has 2 N–H and O–H groups in total. The quantitative estimate of drug-likeness (QED) is 0.800. The molecule has 0 saturated heterocycles. The third-order valence-electron chi connectivity index (χ3n) is 3.04. The van der Waals surface area contributed by atoms with Gasteiger partial charge in [0, 0.05) is 36.8 Å². The lowest BCUT2D eigenvalue weighted by Crippen LogP contribution is -2.31. The van der Waals surface area contributed by atoms with E-state index in [1.165, 1.54) is 22.9 Å². The number of rotatable bonds is 1. The predicted octanol–water partition coefficient (Wildman–Crippen LogP) is 2.18. The summed E-state index contributed by atoms with van der Waals surface area (Å²) in [5.41, 5.74) is 5.89. The van der Waals surface area contributed by atoms with E-state index in [-0.39, 0.29) is 24.4 Å². The number of alkyl halides is 2. The van der Waals surface area contributed by atoms with E-state index in [4.69, 9.17) is 5.73 Å². The Morgan fingerprint density at radius 1 is 1.31 bits per heavy atom. The van der Waals surface area contributed by atoms with Gasteiger partial charge in [-0.3, -0.25) is 4.79 Å². The van der Waals surface area contributed by atoms with Gasteiger partial charge in [0.1, 0.15) is 0 Å². The Bertz CT molecular complexity index is 432. The molecular formula is C11H14F2N2O. The molecule has 88 valence electrons. The summed E-state index contributed by atoms with van der Waals surface area (Å²) in [6, 6.07) is 2.76. The number of pyridine rings is 1. The van der Waals surface area contributed by atoms with Crippen LogP contribution in [0.15, 0.2) is 23.1 Å². The van der Waals surface area contributed by atoms with Crippen LogP contribution in [-0.2, 0) is 0 Å². The van der Waals surface area contributed by atoms with Gasteiger partial charge in [-0.25, -0.2) is 8.78 Å². The second-order valence-corrected chi connectivity index (χ2v) is 4.30. The van der Waals surface area contributed by atoms with Crippen molar-refractivity contribution in [3.05, 3.63) is 28.7 Å². The van der Waals surface area contributed by atoms with Gasteiger partial charge in [-0.15, -0.1) is 0 Å². The second-order valence-electron chi connectivity index (χ2n) is 4.30. The molecule has 1 aliphatic carbocycles. The average Bonchev–Trinajstić information content (AvgIpc) is 2.22. The summed E-state index contributed by atoms with van der Waals surface area (Å²) in [7, 11) is 0. The summed E-state index contributed by atoms with van der Waals surface area (Å²) in [5, 5.41) is 0. The zero-order valence-electron chi connectivity index (χ0n) is 8.83. The highest BCUT2D eigenvalue weighted by Gasteiger charge is 2.35. The fourth-order valence-corrected chi connectivity index (χ4v) is 2.11. The van der Waals surface area contributed by atoms with Gasteiger partial charge < -0.3 is 10.3 Å². The maximum absolute atomic E-state index is 13.0. The molecule has 1 saturated carbocycles. The standard InChI is InChI=1S/C11H14F2N2O/c12-11(13)5-3-9(4-6-11)15-7-8(14)1-2-10(15)16/h1-2,7,9H,3-6,14H2. The predicted molar refractivity (Wildman–Crippen MR) is 57.6 cm³/mol. The number of hydrogen-bond acceptors (Lipinski definition) is 2. The lowest BCUT2D eigenvalue weighted by atomic mass is 9.92. The highest BCUT2D eigenvalue weighted by atomic mass is 19.3. The smallest absolute Gasteiger partial charge is 0.250 e. The van der Waals surface area contributed by atoms with Crippen LogP contribution in [0.5, 0.6) is 0 Å². The van der Waals surface area contributed by atoms with Crippen LogP contribution < -0.4 is 11.3 Å². The number of aromatic nitrogens is 1. The van der Waals surface area contributed by atoms with Crippen molar-refractivity contribution < 1.29 is 8.78 Å². The molecular weight excluding hydrogens is 214 g/mol. The Hall–Kier alpha value is -1.39. The molecule has 0 atom stereocenters. The maximum Gasteiger partial charge on any atom is 0.250 e. The molecule has 1 aromatic rings. The van der Waals surface area contributed by atoms with Crippen LogP contribution in [-0.4, -0.2) is 10.5 Å². The maximum atomic E-state index is 13.0. The van der Waals surface area contributed by atoms with E-state index < -0.39 is 5.92 Å². The average molecular weight is 228 g/mol. The number of nitrogens with zero attached hydrogens (tertiary/aromatic N) is 1. The molecule has 5 heteroatoms. The van der Waals surface area contributed by atoms with Gasteiger partial charge in [0.25, 0.3) is 5.56 Å². The van der Waals surface area contributed by atoms with Crippen molar-refractivity contribution in [2.45, 2.75) is 37.6 Å². The van der Waals surface area contributed by atoms with Gasteiger partial charge in [0.2, 0.25) is 5.92 Å². The van der Waals surface area contributed by atoms with Crippen LogP contribution in [0.4, 0.5) is 14.5 Å². The molecule has 0 radical (unpaired) electrons. The van der Waals surface area contributed by atoms with Crippen LogP contribution in [0.3, 0.4) is 0 Å². The Labute approximate surface area is 91.9 Å². The molecule has 2 rings (SSSR count). The van der Waals surface area contributed by atoms with E-state index in [2.05, 4.69) is 0 Å². The first-order chi connectivity index (χ1) is 7.48. The normalized spacial score (nSPS) is 20.9. The first kappa shape index (κ1) is 11.1. The summed E-state index contributed by atoms with van der Waals surface area (Å²) in [5.74, 6) is -2.57. The monoisotopic (exact) mass is 228 g/mol. The Morgan fingerprint density at radius 2 is 1.94 bits per heavy atom. The molecule has 0 amide bonds. The third kappa shape index (κ3) is 2.23. The fraction of sp³-hybridized carbons (Fsp3) is 0.545. The van der Waals surface area contributed by atoms with Gasteiger partial charge in [-0.1, -0.05) is 0 Å². The summed E-state index contributed by atoms with van der Waals surface area (Å²) in [6.45, 7) is 0. The van der Waals surface area contributed by atoms with Crippen molar-refractivity contribution in [2.24, 2.45) is 0 Å². The summed E-state index contributed by atoms with van der Waals surface area (Å²) in [6.07, 6.45) is 1.89. The van der Waals surface area contributed by atoms with Crippen LogP contribution in [0.2, 0.25) is 0 Å². The first-order valence-corrected chi connectivity index (χ1v) is 5.33. The Kier molecular flexibility index (Phi) is 2.69. The van der Waals surface area contributed by atoms with E-state index >= 15 is 0 Å². The first-order valence-electron chi connectivity index (χ1n) is 5.33. The minimum atomic E-state index is -2.57. The van der Waals surface area contributed by atoms with Crippen LogP contribution in [0.1, 0.15) is 31.7 Å². The summed E-state index contributed by atoms with van der Waals surface area (Å²) in [4.78, 5) is 11.6. The molecule has 0 aliphatic heterocycles. The van der Waals surface area contributed by atoms with Gasteiger partial charge >= 0.3 is 0 Å². The number of nitrogen functional groups attached to an aromatic ring is 1. The Morgan fingerprint density at radius 3 is 2.56 bits per heavy atom. The van der Waals surface area contributed by atoms with Crippen molar-refractivity contribution in [3.63, 3.8) is 0 Å². The molecule has 0 spiro atoms. The minimum Gasteiger partial charge on any atom is -0.398 e. The van der Waals surface area contributed by atoms with E-state index in [9.17, 15) is 13.6 Å². The molecule has 1 aliphatic rings.